The molecule has 2 aromatic rings. The zero-order chi connectivity index (χ0) is 13.8. The average molecular weight is 281 g/mol. The second-order valence-corrected chi connectivity index (χ2v) is 4.15. The monoisotopic (exact) mass is 280 g/mol. The van der Waals surface area contributed by atoms with Crippen molar-refractivity contribution >= 4 is 29.0 Å². The number of hydrogen-bond donors (Lipinski definition) is 2. The first-order valence-electron chi connectivity index (χ1n) is 5.28. The lowest BCUT2D eigenvalue weighted by atomic mass is 10.1. The first kappa shape index (κ1) is 13.0. The Kier molecular flexibility index (Phi) is 3.76. The second-order valence-electron chi connectivity index (χ2n) is 3.74. The summed E-state index contributed by atoms with van der Waals surface area (Å²) in [7, 11) is 0. The summed E-state index contributed by atoms with van der Waals surface area (Å²) in [4.78, 5) is 21.8. The summed E-state index contributed by atoms with van der Waals surface area (Å²) in [5, 5.41) is 19.6. The van der Waals surface area contributed by atoms with E-state index < -0.39 is 4.92 Å². The molecular weight excluding hydrogens is 272 g/mol. The van der Waals surface area contributed by atoms with Crippen molar-refractivity contribution in [3.05, 3.63) is 51.2 Å². The highest BCUT2D eigenvalue weighted by atomic mass is 35.5. The van der Waals surface area contributed by atoms with Crippen molar-refractivity contribution in [2.45, 2.75) is 6.42 Å². The molecule has 0 fully saturated rings. The molecule has 1 amide bonds. The fraction of sp³-hybridized carbons (Fsp3) is 0.0909. The number of carbonyl (C=O) groups excluding carboxylic acids is 1. The van der Waals surface area contributed by atoms with E-state index in [1.807, 2.05) is 0 Å². The van der Waals surface area contributed by atoms with E-state index in [2.05, 4.69) is 15.5 Å². The van der Waals surface area contributed by atoms with E-state index in [-0.39, 0.29) is 23.0 Å². The molecule has 0 aliphatic rings. The van der Waals surface area contributed by atoms with Gasteiger partial charge in [0.2, 0.25) is 5.91 Å². The van der Waals surface area contributed by atoms with Gasteiger partial charge in [-0.25, -0.2) is 0 Å². The molecule has 0 saturated heterocycles. The zero-order valence-electron chi connectivity index (χ0n) is 9.59. The Balaban J connectivity index is 2.09. The molecule has 19 heavy (non-hydrogen) atoms. The number of carbonyl (C=O) groups is 1. The Morgan fingerprint density at radius 1 is 1.47 bits per heavy atom. The van der Waals surface area contributed by atoms with Crippen LogP contribution in [0.15, 0.2) is 30.5 Å². The summed E-state index contributed by atoms with van der Waals surface area (Å²) in [6, 6.07) is 5.86. The maximum Gasteiger partial charge on any atom is 0.288 e. The number of nitrogens with zero attached hydrogens (tertiary/aromatic N) is 2. The van der Waals surface area contributed by atoms with Crippen LogP contribution in [0.5, 0.6) is 0 Å². The van der Waals surface area contributed by atoms with Gasteiger partial charge >= 0.3 is 0 Å². The summed E-state index contributed by atoms with van der Waals surface area (Å²) >= 11 is 5.69. The number of anilines is 1. The van der Waals surface area contributed by atoms with Crippen molar-refractivity contribution in [3.63, 3.8) is 0 Å². The van der Waals surface area contributed by atoms with Gasteiger partial charge in [-0.15, -0.1) is 0 Å². The van der Waals surface area contributed by atoms with Crippen molar-refractivity contribution in [1.82, 2.24) is 10.2 Å². The Hall–Kier alpha value is -2.41. The molecule has 98 valence electrons. The molecule has 0 spiro atoms. The van der Waals surface area contributed by atoms with Gasteiger partial charge in [0.25, 0.3) is 5.69 Å². The lowest BCUT2D eigenvalue weighted by molar-refractivity contribution is -0.384. The molecule has 0 aliphatic carbocycles. The Labute approximate surface area is 112 Å². The predicted octanol–water partition coefficient (Wildman–Crippen LogP) is 2.15. The molecule has 0 bridgehead atoms. The van der Waals surface area contributed by atoms with Crippen LogP contribution in [0.3, 0.4) is 0 Å². The number of aromatic amines is 1. The summed E-state index contributed by atoms with van der Waals surface area (Å²) in [6.07, 6.45) is 1.51. The maximum absolute atomic E-state index is 11.7. The number of H-pyrrole nitrogens is 1. The van der Waals surface area contributed by atoms with Crippen LogP contribution in [0.25, 0.3) is 0 Å². The fourth-order valence-electron chi connectivity index (χ4n) is 1.51. The molecule has 1 heterocycles. The number of nitrogens with one attached hydrogen (secondary N) is 2. The van der Waals surface area contributed by atoms with Crippen LogP contribution in [0.4, 0.5) is 11.5 Å². The average Bonchev–Trinajstić information content (AvgIpc) is 2.84. The van der Waals surface area contributed by atoms with Crippen LogP contribution in [-0.2, 0) is 11.2 Å². The Morgan fingerprint density at radius 3 is 2.89 bits per heavy atom. The summed E-state index contributed by atoms with van der Waals surface area (Å²) in [6.45, 7) is 0. The van der Waals surface area contributed by atoms with E-state index in [1.54, 1.807) is 12.1 Å². The fourth-order valence-corrected chi connectivity index (χ4v) is 1.70. The first-order chi connectivity index (χ1) is 9.06. The number of nitro groups is 1. The molecule has 0 radical (unpaired) electrons. The van der Waals surface area contributed by atoms with E-state index >= 15 is 0 Å². The molecule has 1 aromatic carbocycles. The third-order valence-electron chi connectivity index (χ3n) is 2.35. The lowest BCUT2D eigenvalue weighted by Gasteiger charge is -2.03. The third kappa shape index (κ3) is 3.29. The molecule has 0 aliphatic heterocycles. The molecule has 0 saturated carbocycles. The van der Waals surface area contributed by atoms with E-state index in [0.717, 1.165) is 0 Å². The molecular formula is C11H9ClN4O3. The van der Waals surface area contributed by atoms with Crippen molar-refractivity contribution in [3.8, 4) is 0 Å². The van der Waals surface area contributed by atoms with Crippen molar-refractivity contribution in [2.75, 3.05) is 5.32 Å². The van der Waals surface area contributed by atoms with Gasteiger partial charge in [0.15, 0.2) is 0 Å². The highest BCUT2D eigenvalue weighted by Gasteiger charge is 2.14. The highest BCUT2D eigenvalue weighted by molar-refractivity contribution is 6.32. The van der Waals surface area contributed by atoms with E-state index in [4.69, 9.17) is 11.6 Å². The highest BCUT2D eigenvalue weighted by Crippen LogP contribution is 2.25. The van der Waals surface area contributed by atoms with E-state index in [1.165, 1.54) is 18.3 Å². The van der Waals surface area contributed by atoms with Gasteiger partial charge in [-0.2, -0.15) is 5.10 Å². The smallest absolute Gasteiger partial charge is 0.288 e. The van der Waals surface area contributed by atoms with Crippen LogP contribution >= 0.6 is 11.6 Å². The molecule has 7 nitrogen and oxygen atoms in total. The van der Waals surface area contributed by atoms with Gasteiger partial charge in [0.1, 0.15) is 10.8 Å². The Bertz CT molecular complexity index is 612. The van der Waals surface area contributed by atoms with Crippen LogP contribution < -0.4 is 5.32 Å². The van der Waals surface area contributed by atoms with Crippen LogP contribution in [-0.4, -0.2) is 21.0 Å². The number of aromatic nitrogens is 2. The largest absolute Gasteiger partial charge is 0.311 e. The van der Waals surface area contributed by atoms with Gasteiger partial charge in [0.05, 0.1) is 17.5 Å². The van der Waals surface area contributed by atoms with Crippen molar-refractivity contribution in [2.24, 2.45) is 0 Å². The molecule has 8 heteroatoms. The molecule has 2 N–H and O–H groups in total. The summed E-state index contributed by atoms with van der Waals surface area (Å²) in [5.41, 5.74) is 0.293. The van der Waals surface area contributed by atoms with Crippen LogP contribution in [0, 0.1) is 10.1 Å². The maximum atomic E-state index is 11.7. The van der Waals surface area contributed by atoms with Crippen molar-refractivity contribution < 1.29 is 9.72 Å². The number of amides is 1. The van der Waals surface area contributed by atoms with Crippen molar-refractivity contribution in [1.29, 1.82) is 0 Å². The molecule has 0 atom stereocenters. The number of halogens is 1. The third-order valence-corrected chi connectivity index (χ3v) is 2.67. The molecule has 2 rings (SSSR count). The van der Waals surface area contributed by atoms with Gasteiger partial charge < -0.3 is 5.32 Å². The molecule has 0 unspecified atom stereocenters. The van der Waals surface area contributed by atoms with Gasteiger partial charge in [-0.1, -0.05) is 17.7 Å². The normalized spacial score (nSPS) is 10.2. The predicted molar refractivity (Wildman–Crippen MR) is 69.0 cm³/mol. The minimum atomic E-state index is -0.585. The standard InChI is InChI=1S/C11H9ClN4O3/c12-8-2-1-7(5-9(8)16(18)19)6-11(17)14-10-3-4-13-15-10/h1-5H,6H2,(H2,13,14,15,17). The van der Waals surface area contributed by atoms with Crippen LogP contribution in [0.2, 0.25) is 5.02 Å². The first-order valence-corrected chi connectivity index (χ1v) is 5.66. The lowest BCUT2D eigenvalue weighted by Crippen LogP contribution is -2.14. The van der Waals surface area contributed by atoms with E-state index in [0.29, 0.717) is 11.4 Å². The number of hydrogen-bond acceptors (Lipinski definition) is 4. The Morgan fingerprint density at radius 2 is 2.26 bits per heavy atom. The number of benzene rings is 1. The van der Waals surface area contributed by atoms with Gasteiger partial charge in [0, 0.05) is 12.1 Å². The minimum absolute atomic E-state index is 0.0109. The second kappa shape index (κ2) is 5.49. The number of nitro benzene ring substituents is 1. The zero-order valence-corrected chi connectivity index (χ0v) is 10.3. The minimum Gasteiger partial charge on any atom is -0.311 e. The quantitative estimate of drug-likeness (QED) is 0.662. The van der Waals surface area contributed by atoms with E-state index in [9.17, 15) is 14.9 Å². The SMILES string of the molecule is O=C(Cc1ccc(Cl)c([N+](=O)[O-])c1)Nc1ccn[nH]1. The topological polar surface area (TPSA) is 101 Å². The number of rotatable bonds is 4. The summed E-state index contributed by atoms with van der Waals surface area (Å²) in [5.74, 6) is 0.161. The van der Waals surface area contributed by atoms with Crippen LogP contribution in [0.1, 0.15) is 5.56 Å². The van der Waals surface area contributed by atoms with Gasteiger partial charge in [-0.3, -0.25) is 20.0 Å². The summed E-state index contributed by atoms with van der Waals surface area (Å²) < 4.78 is 0. The molecule has 1 aromatic heterocycles. The van der Waals surface area contributed by atoms with Gasteiger partial charge in [-0.05, 0) is 11.6 Å².